The smallest absolute Gasteiger partial charge is 0.269 e. The maximum absolute atomic E-state index is 12.1. The van der Waals surface area contributed by atoms with E-state index >= 15 is 0 Å². The minimum atomic E-state index is -0.819. The lowest BCUT2D eigenvalue weighted by Gasteiger charge is -2.30. The summed E-state index contributed by atoms with van der Waals surface area (Å²) < 4.78 is 6.00. The van der Waals surface area contributed by atoms with Crippen LogP contribution in [0.1, 0.15) is 18.4 Å². The molecule has 1 aromatic carbocycles. The fourth-order valence-corrected chi connectivity index (χ4v) is 3.97. The summed E-state index contributed by atoms with van der Waals surface area (Å²) in [6.07, 6.45) is 1.13. The Labute approximate surface area is 119 Å². The van der Waals surface area contributed by atoms with Gasteiger partial charge in [0.25, 0.3) is 5.69 Å². The lowest BCUT2D eigenvalue weighted by atomic mass is 9.70. The Bertz CT molecular complexity index is 670. The van der Waals surface area contributed by atoms with Crippen molar-refractivity contribution in [3.63, 3.8) is 0 Å². The molecule has 7 heteroatoms. The van der Waals surface area contributed by atoms with Crippen LogP contribution in [0.3, 0.4) is 0 Å². The van der Waals surface area contributed by atoms with Crippen LogP contribution in [0, 0.1) is 22.0 Å². The molecule has 0 radical (unpaired) electrons. The molecule has 4 atom stereocenters. The number of carbonyl (C=O) groups excluding carboxylic acids is 2. The second-order valence-electron chi connectivity index (χ2n) is 5.75. The maximum Gasteiger partial charge on any atom is 0.269 e. The van der Waals surface area contributed by atoms with Crippen molar-refractivity contribution in [3.8, 4) is 0 Å². The Morgan fingerprint density at radius 1 is 1.24 bits per heavy atom. The highest BCUT2D eigenvalue weighted by Crippen LogP contribution is 2.58. The number of rotatable bonds is 2. The summed E-state index contributed by atoms with van der Waals surface area (Å²) in [4.78, 5) is 34.2. The van der Waals surface area contributed by atoms with E-state index in [1.807, 2.05) is 0 Å². The van der Waals surface area contributed by atoms with Crippen LogP contribution in [0.4, 0.5) is 5.69 Å². The molecule has 3 aliphatic rings. The summed E-state index contributed by atoms with van der Waals surface area (Å²) in [6, 6.07) is 6.06. The van der Waals surface area contributed by atoms with Gasteiger partial charge in [-0.05, 0) is 30.5 Å². The number of hydrogen-bond donors (Lipinski definition) is 1. The quantitative estimate of drug-likeness (QED) is 0.494. The summed E-state index contributed by atoms with van der Waals surface area (Å²) in [6.45, 7) is 0. The lowest BCUT2D eigenvalue weighted by Crippen LogP contribution is -2.38. The number of nitro groups is 1. The number of fused-ring (bicyclic) bond motifs is 5. The third-order valence-electron chi connectivity index (χ3n) is 4.82. The minimum absolute atomic E-state index is 0.00815. The first-order chi connectivity index (χ1) is 10.0. The zero-order valence-electron chi connectivity index (χ0n) is 10.9. The number of nitro benzene ring substituents is 1. The molecule has 1 aromatic rings. The molecule has 3 saturated heterocycles. The SMILES string of the molecule is O=C1NC(=O)C2C1C1CCC2(c2ccc([N+](=O)[O-])cc2)O1. The number of nitrogens with zero attached hydrogens (tertiary/aromatic N) is 1. The first kappa shape index (κ1) is 12.5. The number of hydrogen-bond acceptors (Lipinski definition) is 5. The molecule has 2 bridgehead atoms. The fraction of sp³-hybridized carbons (Fsp3) is 0.429. The van der Waals surface area contributed by atoms with Crippen molar-refractivity contribution in [1.29, 1.82) is 0 Å². The van der Waals surface area contributed by atoms with Gasteiger partial charge < -0.3 is 4.74 Å². The van der Waals surface area contributed by atoms with Crippen LogP contribution in [-0.2, 0) is 19.9 Å². The summed E-state index contributed by atoms with van der Waals surface area (Å²) in [5.41, 5.74) is -0.0973. The van der Waals surface area contributed by atoms with Crippen molar-refractivity contribution >= 4 is 17.5 Å². The first-order valence-electron chi connectivity index (χ1n) is 6.80. The second-order valence-corrected chi connectivity index (χ2v) is 5.75. The molecule has 0 aromatic heterocycles. The number of ether oxygens (including phenoxy) is 1. The monoisotopic (exact) mass is 288 g/mol. The van der Waals surface area contributed by atoms with Crippen LogP contribution in [0.25, 0.3) is 0 Å². The number of amides is 2. The topological polar surface area (TPSA) is 98.5 Å². The van der Waals surface area contributed by atoms with Gasteiger partial charge in [0.1, 0.15) is 5.60 Å². The third kappa shape index (κ3) is 1.46. The van der Waals surface area contributed by atoms with Crippen molar-refractivity contribution in [1.82, 2.24) is 5.32 Å². The summed E-state index contributed by atoms with van der Waals surface area (Å²) in [7, 11) is 0. The Morgan fingerprint density at radius 3 is 2.62 bits per heavy atom. The number of non-ortho nitro benzene ring substituents is 1. The van der Waals surface area contributed by atoms with Gasteiger partial charge in [-0.2, -0.15) is 0 Å². The van der Waals surface area contributed by atoms with Gasteiger partial charge in [0.15, 0.2) is 0 Å². The Hall–Kier alpha value is -2.28. The molecular formula is C14H12N2O5. The summed E-state index contributed by atoms with van der Waals surface area (Å²) >= 11 is 0. The first-order valence-corrected chi connectivity index (χ1v) is 6.80. The van der Waals surface area contributed by atoms with E-state index in [4.69, 9.17) is 4.74 Å². The van der Waals surface area contributed by atoms with E-state index in [-0.39, 0.29) is 23.6 Å². The highest BCUT2D eigenvalue weighted by atomic mass is 16.6. The zero-order chi connectivity index (χ0) is 14.8. The maximum atomic E-state index is 12.1. The van der Waals surface area contributed by atoms with Gasteiger partial charge in [-0.25, -0.2) is 0 Å². The van der Waals surface area contributed by atoms with Crippen molar-refractivity contribution < 1.29 is 19.2 Å². The summed E-state index contributed by atoms with van der Waals surface area (Å²) in [5, 5.41) is 13.1. The molecule has 4 unspecified atom stereocenters. The highest BCUT2D eigenvalue weighted by molar-refractivity contribution is 6.06. The average molecular weight is 288 g/mol. The molecule has 0 spiro atoms. The van der Waals surface area contributed by atoms with E-state index in [9.17, 15) is 19.7 Å². The van der Waals surface area contributed by atoms with Gasteiger partial charge in [-0.15, -0.1) is 0 Å². The molecule has 7 nitrogen and oxygen atoms in total. The minimum Gasteiger partial charge on any atom is -0.365 e. The van der Waals surface area contributed by atoms with E-state index in [1.165, 1.54) is 12.1 Å². The van der Waals surface area contributed by atoms with Crippen molar-refractivity contribution in [3.05, 3.63) is 39.9 Å². The number of imide groups is 1. The molecule has 3 heterocycles. The zero-order valence-corrected chi connectivity index (χ0v) is 10.9. The van der Waals surface area contributed by atoms with Crippen molar-refractivity contribution in [2.75, 3.05) is 0 Å². The van der Waals surface area contributed by atoms with Crippen LogP contribution in [0.2, 0.25) is 0 Å². The second kappa shape index (κ2) is 3.88. The van der Waals surface area contributed by atoms with Gasteiger partial charge >= 0.3 is 0 Å². The van der Waals surface area contributed by atoms with Gasteiger partial charge in [0.05, 0.1) is 22.9 Å². The Balaban J connectivity index is 1.78. The fourth-order valence-electron chi connectivity index (χ4n) is 3.97. The molecule has 3 aliphatic heterocycles. The standard InChI is InChI=1S/C14H12N2O5/c17-12-10-9-5-6-14(21-9,11(10)13(18)15-12)7-1-3-8(4-2-7)16(19)20/h1-4,9-11H,5-6H2,(H,15,17,18). The molecule has 0 saturated carbocycles. The number of benzene rings is 1. The Morgan fingerprint density at radius 2 is 1.95 bits per heavy atom. The van der Waals surface area contributed by atoms with Crippen molar-refractivity contribution in [2.24, 2.45) is 11.8 Å². The number of nitrogens with one attached hydrogen (secondary N) is 1. The molecular weight excluding hydrogens is 276 g/mol. The van der Waals surface area contributed by atoms with Crippen LogP contribution in [0.5, 0.6) is 0 Å². The molecule has 0 aliphatic carbocycles. The molecule has 4 rings (SSSR count). The third-order valence-corrected chi connectivity index (χ3v) is 4.82. The van der Waals surface area contributed by atoms with E-state index in [0.29, 0.717) is 6.42 Å². The van der Waals surface area contributed by atoms with E-state index in [1.54, 1.807) is 12.1 Å². The predicted octanol–water partition coefficient (Wildman–Crippen LogP) is 0.871. The Kier molecular flexibility index (Phi) is 2.30. The van der Waals surface area contributed by atoms with Gasteiger partial charge in [-0.1, -0.05) is 0 Å². The average Bonchev–Trinajstić information content (AvgIpc) is 3.11. The van der Waals surface area contributed by atoms with E-state index in [2.05, 4.69) is 5.32 Å². The molecule has 1 N–H and O–H groups in total. The highest BCUT2D eigenvalue weighted by Gasteiger charge is 2.67. The van der Waals surface area contributed by atoms with Crippen LogP contribution in [0.15, 0.2) is 24.3 Å². The lowest BCUT2D eigenvalue weighted by molar-refractivity contribution is -0.384. The van der Waals surface area contributed by atoms with Gasteiger partial charge in [0, 0.05) is 12.1 Å². The molecule has 21 heavy (non-hydrogen) atoms. The molecule has 2 amide bonds. The largest absolute Gasteiger partial charge is 0.365 e. The summed E-state index contributed by atoms with van der Waals surface area (Å²) in [5.74, 6) is -1.52. The van der Waals surface area contributed by atoms with Gasteiger partial charge in [0.2, 0.25) is 11.8 Å². The van der Waals surface area contributed by atoms with Gasteiger partial charge in [-0.3, -0.25) is 25.0 Å². The van der Waals surface area contributed by atoms with Crippen LogP contribution >= 0.6 is 0 Å². The van der Waals surface area contributed by atoms with Crippen molar-refractivity contribution in [2.45, 2.75) is 24.5 Å². The van der Waals surface area contributed by atoms with E-state index in [0.717, 1.165) is 12.0 Å². The normalized spacial score (nSPS) is 36.7. The number of carbonyl (C=O) groups is 2. The molecule has 108 valence electrons. The van der Waals surface area contributed by atoms with Crippen LogP contribution < -0.4 is 5.32 Å². The van der Waals surface area contributed by atoms with E-state index < -0.39 is 22.4 Å². The van der Waals surface area contributed by atoms with Crippen LogP contribution in [-0.4, -0.2) is 22.8 Å². The predicted molar refractivity (Wildman–Crippen MR) is 69.0 cm³/mol. The molecule has 3 fully saturated rings.